The molecule has 1 aliphatic rings. The van der Waals surface area contributed by atoms with Crippen LogP contribution in [0.15, 0.2) is 35.9 Å². The van der Waals surface area contributed by atoms with Crippen molar-refractivity contribution in [2.45, 2.75) is 26.3 Å². The Balaban J connectivity index is 2.42. The molecule has 1 aliphatic carbocycles. The predicted octanol–water partition coefficient (Wildman–Crippen LogP) is 2.96. The van der Waals surface area contributed by atoms with E-state index in [9.17, 15) is 8.78 Å². The van der Waals surface area contributed by atoms with Crippen LogP contribution in [0.5, 0.6) is 0 Å². The van der Waals surface area contributed by atoms with Crippen LogP contribution in [0.1, 0.15) is 24.5 Å². The molecule has 0 aliphatic heterocycles. The first-order valence-electron chi connectivity index (χ1n) is 6.15. The van der Waals surface area contributed by atoms with Gasteiger partial charge in [0.1, 0.15) is 12.5 Å². The Morgan fingerprint density at radius 3 is 2.63 bits per heavy atom. The fourth-order valence-corrected chi connectivity index (χ4v) is 2.35. The maximum Gasteiger partial charge on any atom is 0.174 e. The Bertz CT molecular complexity index is 533. The summed E-state index contributed by atoms with van der Waals surface area (Å²) in [4.78, 5) is 0. The highest BCUT2D eigenvalue weighted by atomic mass is 19.1. The van der Waals surface area contributed by atoms with Crippen LogP contribution in [0.2, 0.25) is 0 Å². The molecule has 0 bridgehead atoms. The lowest BCUT2D eigenvalue weighted by atomic mass is 9.84. The van der Waals surface area contributed by atoms with Gasteiger partial charge in [-0.15, -0.1) is 0 Å². The van der Waals surface area contributed by atoms with Gasteiger partial charge >= 0.3 is 0 Å². The number of allylic oxidation sites excluding steroid dienone is 3. The third-order valence-corrected chi connectivity index (χ3v) is 3.42. The molecule has 0 fully saturated rings. The van der Waals surface area contributed by atoms with Crippen LogP contribution in [0.25, 0.3) is 5.57 Å². The summed E-state index contributed by atoms with van der Waals surface area (Å²) in [6, 6.07) is 4.66. The van der Waals surface area contributed by atoms with Gasteiger partial charge in [-0.3, -0.25) is 0 Å². The molecule has 1 aromatic rings. The first kappa shape index (κ1) is 13.9. The van der Waals surface area contributed by atoms with Crippen LogP contribution in [0.4, 0.5) is 8.78 Å². The van der Waals surface area contributed by atoms with Gasteiger partial charge in [0.2, 0.25) is 0 Å². The summed E-state index contributed by atoms with van der Waals surface area (Å²) in [5.41, 5.74) is 1.67. The second kappa shape index (κ2) is 5.63. The van der Waals surface area contributed by atoms with E-state index in [0.717, 1.165) is 5.57 Å². The minimum Gasteiger partial charge on any atom is -0.365 e. The van der Waals surface area contributed by atoms with E-state index in [-0.39, 0.29) is 11.5 Å². The normalized spacial score (nSPS) is 19.4. The summed E-state index contributed by atoms with van der Waals surface area (Å²) >= 11 is 0. The van der Waals surface area contributed by atoms with Gasteiger partial charge in [-0.1, -0.05) is 37.3 Å². The number of hydrogen-bond donors (Lipinski definition) is 2. The van der Waals surface area contributed by atoms with Gasteiger partial charge in [-0.25, -0.2) is 8.78 Å². The maximum atomic E-state index is 14.1. The third-order valence-electron chi connectivity index (χ3n) is 3.42. The fourth-order valence-electron chi connectivity index (χ4n) is 2.35. The molecule has 0 amide bonds. The minimum atomic E-state index is -1.48. The van der Waals surface area contributed by atoms with E-state index >= 15 is 0 Å². The number of hydrogen-bond acceptors (Lipinski definition) is 2. The molecular weight excluding hydrogens is 250 g/mol. The quantitative estimate of drug-likeness (QED) is 0.826. The number of halogens is 2. The van der Waals surface area contributed by atoms with Crippen LogP contribution in [-0.4, -0.2) is 16.5 Å². The molecule has 2 rings (SSSR count). The topological polar surface area (TPSA) is 40.5 Å². The number of aliphatic hydroxyl groups is 2. The highest BCUT2D eigenvalue weighted by Crippen LogP contribution is 2.35. The average molecular weight is 266 g/mol. The summed E-state index contributed by atoms with van der Waals surface area (Å²) in [6.45, 7) is 1.04. The van der Waals surface area contributed by atoms with Crippen molar-refractivity contribution in [1.82, 2.24) is 0 Å². The lowest BCUT2D eigenvalue weighted by Gasteiger charge is -2.23. The summed E-state index contributed by atoms with van der Waals surface area (Å²) in [7, 11) is 0. The van der Waals surface area contributed by atoms with Gasteiger partial charge in [-0.05, 0) is 23.5 Å². The molecule has 0 spiro atoms. The fraction of sp³-hybridized carbons (Fsp3) is 0.333. The van der Waals surface area contributed by atoms with Crippen LogP contribution in [-0.2, 0) is 6.67 Å². The van der Waals surface area contributed by atoms with Crippen molar-refractivity contribution in [3.05, 3.63) is 52.9 Å². The summed E-state index contributed by atoms with van der Waals surface area (Å²) in [5.74, 6) is -0.587. The monoisotopic (exact) mass is 266 g/mol. The SMILES string of the molecule is CC1CC(C(O)O)=CC=C1c1cccc(CF)c1F. The number of alkyl halides is 1. The summed E-state index contributed by atoms with van der Waals surface area (Å²) < 4.78 is 26.7. The van der Waals surface area contributed by atoms with Gasteiger partial charge in [0.15, 0.2) is 6.29 Å². The number of benzene rings is 1. The molecule has 19 heavy (non-hydrogen) atoms. The Hall–Kier alpha value is -1.52. The smallest absolute Gasteiger partial charge is 0.174 e. The first-order chi connectivity index (χ1) is 9.04. The van der Waals surface area contributed by atoms with Crippen molar-refractivity contribution in [3.63, 3.8) is 0 Å². The van der Waals surface area contributed by atoms with Crippen molar-refractivity contribution in [2.24, 2.45) is 5.92 Å². The maximum absolute atomic E-state index is 14.1. The summed E-state index contributed by atoms with van der Waals surface area (Å²) in [6.07, 6.45) is 2.22. The number of rotatable bonds is 3. The largest absolute Gasteiger partial charge is 0.365 e. The zero-order valence-electron chi connectivity index (χ0n) is 10.6. The van der Waals surface area contributed by atoms with Gasteiger partial charge in [-0.2, -0.15) is 0 Å². The first-order valence-corrected chi connectivity index (χ1v) is 6.15. The van der Waals surface area contributed by atoms with Crippen LogP contribution in [0.3, 0.4) is 0 Å². The van der Waals surface area contributed by atoms with Crippen LogP contribution < -0.4 is 0 Å². The lowest BCUT2D eigenvalue weighted by molar-refractivity contribution is -0.0111. The van der Waals surface area contributed by atoms with E-state index in [4.69, 9.17) is 10.2 Å². The molecule has 0 saturated heterocycles. The van der Waals surface area contributed by atoms with Gasteiger partial charge in [0.25, 0.3) is 0 Å². The number of aliphatic hydroxyl groups excluding tert-OH is 1. The summed E-state index contributed by atoms with van der Waals surface area (Å²) in [5, 5.41) is 18.2. The van der Waals surface area contributed by atoms with E-state index in [2.05, 4.69) is 0 Å². The molecule has 0 aromatic heterocycles. The van der Waals surface area contributed by atoms with E-state index in [0.29, 0.717) is 17.6 Å². The zero-order valence-corrected chi connectivity index (χ0v) is 10.6. The average Bonchev–Trinajstić information content (AvgIpc) is 2.39. The van der Waals surface area contributed by atoms with Crippen molar-refractivity contribution in [2.75, 3.05) is 0 Å². The third kappa shape index (κ3) is 2.74. The molecule has 1 atom stereocenters. The molecule has 1 aromatic carbocycles. The van der Waals surface area contributed by atoms with Crippen molar-refractivity contribution < 1.29 is 19.0 Å². The van der Waals surface area contributed by atoms with E-state index in [1.807, 2.05) is 6.92 Å². The van der Waals surface area contributed by atoms with Crippen molar-refractivity contribution in [1.29, 1.82) is 0 Å². The molecule has 2 N–H and O–H groups in total. The Morgan fingerprint density at radius 2 is 2.05 bits per heavy atom. The van der Waals surface area contributed by atoms with E-state index in [1.165, 1.54) is 6.07 Å². The molecule has 1 unspecified atom stereocenters. The Morgan fingerprint density at radius 1 is 1.32 bits per heavy atom. The van der Waals surface area contributed by atoms with E-state index < -0.39 is 18.8 Å². The Kier molecular flexibility index (Phi) is 4.12. The second-order valence-corrected chi connectivity index (χ2v) is 4.75. The van der Waals surface area contributed by atoms with Crippen molar-refractivity contribution >= 4 is 5.57 Å². The highest BCUT2D eigenvalue weighted by Gasteiger charge is 2.22. The zero-order chi connectivity index (χ0) is 14.0. The second-order valence-electron chi connectivity index (χ2n) is 4.75. The van der Waals surface area contributed by atoms with Gasteiger partial charge in [0, 0.05) is 11.1 Å². The molecule has 0 heterocycles. The molecule has 102 valence electrons. The predicted molar refractivity (Wildman–Crippen MR) is 69.3 cm³/mol. The molecule has 4 heteroatoms. The molecule has 2 nitrogen and oxygen atoms in total. The van der Waals surface area contributed by atoms with Crippen molar-refractivity contribution in [3.8, 4) is 0 Å². The Labute approximate surface area is 110 Å². The van der Waals surface area contributed by atoms with Gasteiger partial charge in [0.05, 0.1) is 0 Å². The molecular formula is C15H16F2O2. The van der Waals surface area contributed by atoms with Gasteiger partial charge < -0.3 is 10.2 Å². The lowest BCUT2D eigenvalue weighted by Crippen LogP contribution is -2.15. The van der Waals surface area contributed by atoms with Crippen LogP contribution >= 0.6 is 0 Å². The minimum absolute atomic E-state index is 0.0440. The highest BCUT2D eigenvalue weighted by molar-refractivity contribution is 5.71. The standard InChI is InChI=1S/C15H16F2O2/c1-9-7-10(15(18)19)5-6-12(9)13-4-2-3-11(8-16)14(13)17/h2-6,9,15,18-19H,7-8H2,1H3. The molecule has 0 radical (unpaired) electrons. The molecule has 0 saturated carbocycles. The van der Waals surface area contributed by atoms with Crippen LogP contribution in [0, 0.1) is 11.7 Å². The van der Waals surface area contributed by atoms with E-state index in [1.54, 1.807) is 24.3 Å².